The molecule has 23 heavy (non-hydrogen) atoms. The zero-order valence-electron chi connectivity index (χ0n) is 15.9. The summed E-state index contributed by atoms with van der Waals surface area (Å²) in [5, 5.41) is 6.49. The van der Waals surface area contributed by atoms with Crippen LogP contribution in [0.25, 0.3) is 0 Å². The maximum absolute atomic E-state index is 11.9. The Morgan fingerprint density at radius 1 is 1.30 bits per heavy atom. The maximum atomic E-state index is 11.9. The lowest BCUT2D eigenvalue weighted by atomic mass is 10.1. The Morgan fingerprint density at radius 2 is 1.91 bits per heavy atom. The number of hydrogen-bond acceptors (Lipinski definition) is 4. The lowest BCUT2D eigenvalue weighted by molar-refractivity contribution is 0.0278. The molecule has 0 aliphatic heterocycles. The summed E-state index contributed by atoms with van der Waals surface area (Å²) >= 11 is 0. The summed E-state index contributed by atoms with van der Waals surface area (Å²) in [4.78, 5) is 17.7. The van der Waals surface area contributed by atoms with Gasteiger partial charge >= 0.3 is 6.09 Å². The molecule has 2 unspecified atom stereocenters. The SMILES string of the molecule is CN=C(NCC(C)CN(C)C(=O)OC(C)(C)C)NC(C)COC. The van der Waals surface area contributed by atoms with Crippen LogP contribution in [0.3, 0.4) is 0 Å². The topological polar surface area (TPSA) is 75.2 Å². The molecule has 0 aliphatic rings. The van der Waals surface area contributed by atoms with Crippen LogP contribution in [0.2, 0.25) is 0 Å². The largest absolute Gasteiger partial charge is 0.444 e. The number of guanidine groups is 1. The van der Waals surface area contributed by atoms with E-state index in [0.29, 0.717) is 19.7 Å². The van der Waals surface area contributed by atoms with E-state index in [1.807, 2.05) is 27.7 Å². The normalized spacial score (nSPS) is 14.9. The predicted molar refractivity (Wildman–Crippen MR) is 93.9 cm³/mol. The van der Waals surface area contributed by atoms with Gasteiger partial charge in [0.15, 0.2) is 5.96 Å². The van der Waals surface area contributed by atoms with E-state index in [0.717, 1.165) is 5.96 Å². The van der Waals surface area contributed by atoms with Crippen molar-refractivity contribution in [3.63, 3.8) is 0 Å². The van der Waals surface area contributed by atoms with Gasteiger partial charge in [0.2, 0.25) is 0 Å². The van der Waals surface area contributed by atoms with Crippen LogP contribution in [-0.4, -0.2) is 69.5 Å². The Bertz CT molecular complexity index is 380. The summed E-state index contributed by atoms with van der Waals surface area (Å²) in [6.45, 7) is 11.6. The fourth-order valence-electron chi connectivity index (χ4n) is 1.94. The van der Waals surface area contributed by atoms with E-state index in [1.54, 1.807) is 26.1 Å². The second-order valence-corrected chi connectivity index (χ2v) is 6.92. The number of amides is 1. The standard InChI is InChI=1S/C16H34N4O3/c1-12(10-20(7)15(21)23-16(3,4)5)9-18-14(17-6)19-13(2)11-22-8/h12-13H,9-11H2,1-8H3,(H2,17,18,19). The van der Waals surface area contributed by atoms with Crippen LogP contribution < -0.4 is 10.6 Å². The number of rotatable bonds is 7. The van der Waals surface area contributed by atoms with Crippen LogP contribution in [0.5, 0.6) is 0 Å². The summed E-state index contributed by atoms with van der Waals surface area (Å²) in [6, 6.07) is 0.172. The number of aliphatic imine (C=N–C) groups is 1. The minimum Gasteiger partial charge on any atom is -0.444 e. The highest BCUT2D eigenvalue weighted by Gasteiger charge is 2.20. The zero-order chi connectivity index (χ0) is 18.0. The molecule has 0 saturated carbocycles. The van der Waals surface area contributed by atoms with Crippen molar-refractivity contribution in [3.05, 3.63) is 0 Å². The molecule has 0 rings (SSSR count). The molecule has 0 radical (unpaired) electrons. The Morgan fingerprint density at radius 3 is 2.39 bits per heavy atom. The molecule has 0 aromatic heterocycles. The lowest BCUT2D eigenvalue weighted by Gasteiger charge is -2.27. The first kappa shape index (κ1) is 21.5. The Hall–Kier alpha value is -1.50. The highest BCUT2D eigenvalue weighted by Crippen LogP contribution is 2.10. The van der Waals surface area contributed by atoms with Gasteiger partial charge in [0, 0.05) is 40.3 Å². The molecule has 0 aliphatic carbocycles. The molecule has 7 nitrogen and oxygen atoms in total. The van der Waals surface area contributed by atoms with E-state index >= 15 is 0 Å². The van der Waals surface area contributed by atoms with Gasteiger partial charge in [-0.2, -0.15) is 0 Å². The van der Waals surface area contributed by atoms with Gasteiger partial charge in [-0.3, -0.25) is 4.99 Å². The van der Waals surface area contributed by atoms with Crippen molar-refractivity contribution in [1.29, 1.82) is 0 Å². The van der Waals surface area contributed by atoms with Crippen LogP contribution in [0.1, 0.15) is 34.6 Å². The molecule has 0 aromatic carbocycles. The van der Waals surface area contributed by atoms with Gasteiger partial charge in [-0.1, -0.05) is 6.92 Å². The molecular weight excluding hydrogens is 296 g/mol. The number of carbonyl (C=O) groups is 1. The molecule has 0 saturated heterocycles. The summed E-state index contributed by atoms with van der Waals surface area (Å²) in [5.41, 5.74) is -0.476. The summed E-state index contributed by atoms with van der Waals surface area (Å²) in [6.07, 6.45) is -0.305. The molecule has 1 amide bonds. The minimum atomic E-state index is -0.476. The minimum absolute atomic E-state index is 0.172. The van der Waals surface area contributed by atoms with Crippen molar-refractivity contribution < 1.29 is 14.3 Å². The Labute approximate surface area is 140 Å². The molecule has 7 heteroatoms. The van der Waals surface area contributed by atoms with Crippen LogP contribution in [0.4, 0.5) is 4.79 Å². The molecule has 0 fully saturated rings. The maximum Gasteiger partial charge on any atom is 0.410 e. The van der Waals surface area contributed by atoms with Crippen molar-refractivity contribution in [2.24, 2.45) is 10.9 Å². The second-order valence-electron chi connectivity index (χ2n) is 6.92. The third kappa shape index (κ3) is 10.8. The first-order valence-electron chi connectivity index (χ1n) is 7.99. The summed E-state index contributed by atoms with van der Waals surface area (Å²) in [5.74, 6) is 0.977. The van der Waals surface area contributed by atoms with Gasteiger partial charge in [0.1, 0.15) is 5.60 Å². The van der Waals surface area contributed by atoms with Gasteiger partial charge in [-0.05, 0) is 33.6 Å². The van der Waals surface area contributed by atoms with E-state index in [-0.39, 0.29) is 18.1 Å². The van der Waals surface area contributed by atoms with Crippen molar-refractivity contribution in [2.75, 3.05) is 40.9 Å². The number of nitrogens with one attached hydrogen (secondary N) is 2. The second kappa shape index (κ2) is 10.3. The van der Waals surface area contributed by atoms with Gasteiger partial charge in [-0.15, -0.1) is 0 Å². The highest BCUT2D eigenvalue weighted by molar-refractivity contribution is 5.79. The van der Waals surface area contributed by atoms with Crippen molar-refractivity contribution >= 4 is 12.1 Å². The van der Waals surface area contributed by atoms with E-state index in [2.05, 4.69) is 22.5 Å². The molecule has 0 bridgehead atoms. The Balaban J connectivity index is 4.23. The lowest BCUT2D eigenvalue weighted by Crippen LogP contribution is -2.46. The monoisotopic (exact) mass is 330 g/mol. The molecule has 2 atom stereocenters. The quantitative estimate of drug-likeness (QED) is 0.549. The average Bonchev–Trinajstić information content (AvgIpc) is 2.41. The number of nitrogens with zero attached hydrogens (tertiary/aromatic N) is 2. The van der Waals surface area contributed by atoms with Gasteiger partial charge in [0.05, 0.1) is 6.61 Å². The first-order valence-corrected chi connectivity index (χ1v) is 7.99. The number of ether oxygens (including phenoxy) is 2. The fourth-order valence-corrected chi connectivity index (χ4v) is 1.94. The third-order valence-electron chi connectivity index (χ3n) is 2.93. The first-order chi connectivity index (χ1) is 10.6. The van der Waals surface area contributed by atoms with Gasteiger partial charge in [-0.25, -0.2) is 4.79 Å². The number of carbonyl (C=O) groups excluding carboxylic acids is 1. The highest BCUT2D eigenvalue weighted by atomic mass is 16.6. The van der Waals surface area contributed by atoms with E-state index < -0.39 is 5.60 Å². The number of hydrogen-bond donors (Lipinski definition) is 2. The third-order valence-corrected chi connectivity index (χ3v) is 2.93. The smallest absolute Gasteiger partial charge is 0.410 e. The molecular formula is C16H34N4O3. The fraction of sp³-hybridized carbons (Fsp3) is 0.875. The van der Waals surface area contributed by atoms with Crippen LogP contribution in [-0.2, 0) is 9.47 Å². The van der Waals surface area contributed by atoms with Crippen molar-refractivity contribution in [1.82, 2.24) is 15.5 Å². The van der Waals surface area contributed by atoms with Crippen molar-refractivity contribution in [3.8, 4) is 0 Å². The summed E-state index contributed by atoms with van der Waals surface area (Å²) < 4.78 is 10.4. The molecule has 2 N–H and O–H groups in total. The van der Waals surface area contributed by atoms with Gasteiger partial charge < -0.3 is 25.0 Å². The summed E-state index contributed by atoms with van der Waals surface area (Å²) in [7, 11) is 5.15. The number of methoxy groups -OCH3 is 1. The van der Waals surface area contributed by atoms with Crippen LogP contribution >= 0.6 is 0 Å². The molecule has 0 heterocycles. The van der Waals surface area contributed by atoms with Crippen molar-refractivity contribution in [2.45, 2.75) is 46.3 Å². The zero-order valence-corrected chi connectivity index (χ0v) is 15.9. The van der Waals surface area contributed by atoms with E-state index in [1.165, 1.54) is 0 Å². The van der Waals surface area contributed by atoms with Crippen LogP contribution in [0.15, 0.2) is 4.99 Å². The molecule has 136 valence electrons. The molecule has 0 aromatic rings. The van der Waals surface area contributed by atoms with E-state index in [9.17, 15) is 4.79 Å². The Kier molecular flexibility index (Phi) is 9.64. The average molecular weight is 330 g/mol. The van der Waals surface area contributed by atoms with E-state index in [4.69, 9.17) is 9.47 Å². The molecule has 0 spiro atoms. The van der Waals surface area contributed by atoms with Gasteiger partial charge in [0.25, 0.3) is 0 Å². The predicted octanol–water partition coefficient (Wildman–Crippen LogP) is 1.69. The van der Waals surface area contributed by atoms with Crippen LogP contribution in [0, 0.1) is 5.92 Å².